The van der Waals surface area contributed by atoms with Crippen molar-refractivity contribution in [1.29, 1.82) is 0 Å². The lowest BCUT2D eigenvalue weighted by atomic mass is 10.3. The molecule has 0 radical (unpaired) electrons. The quantitative estimate of drug-likeness (QED) is 0.913. The van der Waals surface area contributed by atoms with E-state index >= 15 is 0 Å². The van der Waals surface area contributed by atoms with Crippen molar-refractivity contribution in [3.05, 3.63) is 34.2 Å². The third-order valence-corrected chi connectivity index (χ3v) is 4.23. The maximum atomic E-state index is 9.52. The van der Waals surface area contributed by atoms with Crippen molar-refractivity contribution in [3.8, 4) is 5.75 Å². The van der Waals surface area contributed by atoms with E-state index in [1.165, 1.54) is 11.8 Å². The van der Waals surface area contributed by atoms with Crippen LogP contribution in [-0.2, 0) is 0 Å². The summed E-state index contributed by atoms with van der Waals surface area (Å²) in [6.45, 7) is 0. The second-order valence-electron chi connectivity index (χ2n) is 2.51. The number of phenols is 1. The summed E-state index contributed by atoms with van der Waals surface area (Å²) in [6.07, 6.45) is 0. The fraction of sp³-hybridized carbons (Fsp3) is 0. The first-order chi connectivity index (χ1) is 6.75. The van der Waals surface area contributed by atoms with Gasteiger partial charge in [0, 0.05) is 5.38 Å². The van der Waals surface area contributed by atoms with Crippen molar-refractivity contribution in [3.63, 3.8) is 0 Å². The number of halogens is 1. The van der Waals surface area contributed by atoms with Gasteiger partial charge in [-0.3, -0.25) is 0 Å². The molecule has 0 bridgehead atoms. The van der Waals surface area contributed by atoms with Crippen LogP contribution >= 0.6 is 39.0 Å². The van der Waals surface area contributed by atoms with E-state index < -0.39 is 0 Å². The zero-order valence-corrected chi connectivity index (χ0v) is 10.2. The number of rotatable bonds is 2. The molecule has 2 aromatic rings. The lowest BCUT2D eigenvalue weighted by Crippen LogP contribution is -1.73. The highest BCUT2D eigenvalue weighted by atomic mass is 79.9. The topological polar surface area (TPSA) is 33.1 Å². The van der Waals surface area contributed by atoms with Gasteiger partial charge in [-0.05, 0) is 28.1 Å². The minimum atomic E-state index is 0.295. The van der Waals surface area contributed by atoms with E-state index in [0.29, 0.717) is 5.75 Å². The Labute approximate surface area is 98.1 Å². The number of nitrogens with zero attached hydrogens (tertiary/aromatic N) is 1. The molecule has 0 saturated heterocycles. The summed E-state index contributed by atoms with van der Waals surface area (Å²) in [5.74, 6) is 0.295. The van der Waals surface area contributed by atoms with E-state index in [2.05, 4.69) is 20.9 Å². The monoisotopic (exact) mass is 287 g/mol. The van der Waals surface area contributed by atoms with Crippen molar-refractivity contribution in [2.75, 3.05) is 0 Å². The summed E-state index contributed by atoms with van der Waals surface area (Å²) in [4.78, 5) is 5.06. The summed E-state index contributed by atoms with van der Waals surface area (Å²) < 4.78 is 1.75. The van der Waals surface area contributed by atoms with Gasteiger partial charge in [-0.2, -0.15) is 0 Å². The van der Waals surface area contributed by atoms with E-state index in [0.717, 1.165) is 13.8 Å². The van der Waals surface area contributed by atoms with Crippen LogP contribution < -0.4 is 0 Å². The molecule has 0 amide bonds. The Bertz CT molecular complexity index is 444. The lowest BCUT2D eigenvalue weighted by molar-refractivity contribution is 0.462. The highest BCUT2D eigenvalue weighted by Gasteiger charge is 2.05. The average Bonchev–Trinajstić information content (AvgIpc) is 2.56. The minimum absolute atomic E-state index is 0.295. The SMILES string of the molecule is Oc1ccccc1Sc1nc(Br)cs1. The van der Waals surface area contributed by atoms with Gasteiger partial charge in [0.1, 0.15) is 10.4 Å². The third-order valence-electron chi connectivity index (χ3n) is 1.52. The molecule has 1 aromatic heterocycles. The van der Waals surface area contributed by atoms with E-state index in [9.17, 15) is 5.11 Å². The summed E-state index contributed by atoms with van der Waals surface area (Å²) in [7, 11) is 0. The molecule has 14 heavy (non-hydrogen) atoms. The Morgan fingerprint density at radius 3 is 2.79 bits per heavy atom. The van der Waals surface area contributed by atoms with Gasteiger partial charge >= 0.3 is 0 Å². The average molecular weight is 288 g/mol. The van der Waals surface area contributed by atoms with E-state index in [1.807, 2.05) is 17.5 Å². The molecule has 0 saturated carbocycles. The third kappa shape index (κ3) is 2.29. The van der Waals surface area contributed by atoms with Crippen molar-refractivity contribution in [1.82, 2.24) is 4.98 Å². The number of thiazole rings is 1. The molecule has 0 aliphatic carbocycles. The molecule has 0 fully saturated rings. The van der Waals surface area contributed by atoms with Gasteiger partial charge in [0.2, 0.25) is 0 Å². The van der Waals surface area contributed by atoms with Crippen LogP contribution in [0.1, 0.15) is 0 Å². The van der Waals surface area contributed by atoms with E-state index in [-0.39, 0.29) is 0 Å². The maximum absolute atomic E-state index is 9.52. The molecule has 5 heteroatoms. The summed E-state index contributed by atoms with van der Waals surface area (Å²) in [5, 5.41) is 11.4. The first kappa shape index (κ1) is 10.0. The molecular formula is C9H6BrNOS2. The molecule has 0 spiro atoms. The van der Waals surface area contributed by atoms with Crippen LogP contribution in [0.25, 0.3) is 0 Å². The summed E-state index contributed by atoms with van der Waals surface area (Å²) in [6, 6.07) is 7.24. The molecule has 72 valence electrons. The number of phenolic OH excluding ortho intramolecular Hbond substituents is 1. The highest BCUT2D eigenvalue weighted by Crippen LogP contribution is 2.36. The van der Waals surface area contributed by atoms with Crippen LogP contribution in [0, 0.1) is 0 Å². The van der Waals surface area contributed by atoms with Crippen molar-refractivity contribution < 1.29 is 5.11 Å². The molecule has 1 aromatic carbocycles. The van der Waals surface area contributed by atoms with Crippen molar-refractivity contribution >= 4 is 39.0 Å². The summed E-state index contributed by atoms with van der Waals surface area (Å²) in [5.41, 5.74) is 0. The maximum Gasteiger partial charge on any atom is 0.156 e. The van der Waals surface area contributed by atoms with Gasteiger partial charge in [0.25, 0.3) is 0 Å². The standard InChI is InChI=1S/C9H6BrNOS2/c10-8-5-13-9(11-8)14-7-4-2-1-3-6(7)12/h1-5,12H. The van der Waals surface area contributed by atoms with Crippen LogP contribution in [0.5, 0.6) is 5.75 Å². The van der Waals surface area contributed by atoms with Gasteiger partial charge in [-0.15, -0.1) is 11.3 Å². The summed E-state index contributed by atoms with van der Waals surface area (Å²) >= 11 is 6.30. The van der Waals surface area contributed by atoms with Gasteiger partial charge < -0.3 is 5.11 Å². The molecule has 0 aliphatic rings. The number of benzene rings is 1. The van der Waals surface area contributed by atoms with Gasteiger partial charge in [-0.25, -0.2) is 4.98 Å². The molecule has 0 aliphatic heterocycles. The molecule has 1 N–H and O–H groups in total. The number of aromatic hydroxyl groups is 1. The van der Waals surface area contributed by atoms with E-state index in [4.69, 9.17) is 0 Å². The predicted molar refractivity (Wildman–Crippen MR) is 62.0 cm³/mol. The van der Waals surface area contributed by atoms with E-state index in [1.54, 1.807) is 23.5 Å². The first-order valence-corrected chi connectivity index (χ1v) is 6.31. The predicted octanol–water partition coefficient (Wildman–Crippen LogP) is 3.76. The second-order valence-corrected chi connectivity index (χ2v) is 5.47. The zero-order chi connectivity index (χ0) is 9.97. The molecule has 0 unspecified atom stereocenters. The number of para-hydroxylation sites is 1. The molecule has 1 heterocycles. The largest absolute Gasteiger partial charge is 0.507 e. The first-order valence-electron chi connectivity index (χ1n) is 3.82. The lowest BCUT2D eigenvalue weighted by Gasteiger charge is -1.99. The molecule has 2 nitrogen and oxygen atoms in total. The fourth-order valence-corrected chi connectivity index (χ4v) is 3.28. The van der Waals surface area contributed by atoms with Gasteiger partial charge in [0.15, 0.2) is 4.34 Å². The van der Waals surface area contributed by atoms with Crippen LogP contribution in [0.2, 0.25) is 0 Å². The highest BCUT2D eigenvalue weighted by molar-refractivity contribution is 9.10. The van der Waals surface area contributed by atoms with Crippen molar-refractivity contribution in [2.24, 2.45) is 0 Å². The normalized spacial score (nSPS) is 10.4. The minimum Gasteiger partial charge on any atom is -0.507 e. The number of aromatic nitrogens is 1. The smallest absolute Gasteiger partial charge is 0.156 e. The Hall–Kier alpha value is -0.520. The Morgan fingerprint density at radius 2 is 2.14 bits per heavy atom. The van der Waals surface area contributed by atoms with Crippen LogP contribution in [-0.4, -0.2) is 10.1 Å². The Morgan fingerprint density at radius 1 is 1.36 bits per heavy atom. The van der Waals surface area contributed by atoms with Crippen molar-refractivity contribution in [2.45, 2.75) is 9.24 Å². The zero-order valence-electron chi connectivity index (χ0n) is 6.98. The van der Waals surface area contributed by atoms with Crippen LogP contribution in [0.15, 0.2) is 43.5 Å². The van der Waals surface area contributed by atoms with Gasteiger partial charge in [-0.1, -0.05) is 23.9 Å². The molecule has 0 atom stereocenters. The Kier molecular flexibility index (Phi) is 3.10. The van der Waals surface area contributed by atoms with Crippen LogP contribution in [0.4, 0.5) is 0 Å². The number of hydrogen-bond acceptors (Lipinski definition) is 4. The second kappa shape index (κ2) is 4.33. The molecular weight excluding hydrogens is 282 g/mol. The molecule has 2 rings (SSSR count). The van der Waals surface area contributed by atoms with Crippen LogP contribution in [0.3, 0.4) is 0 Å². The Balaban J connectivity index is 2.23. The number of hydrogen-bond donors (Lipinski definition) is 1. The van der Waals surface area contributed by atoms with Gasteiger partial charge in [0.05, 0.1) is 4.90 Å². The fourth-order valence-electron chi connectivity index (χ4n) is 0.923.